The van der Waals surface area contributed by atoms with Gasteiger partial charge in [-0.2, -0.15) is 18.3 Å². The fourth-order valence-corrected chi connectivity index (χ4v) is 2.36. The lowest BCUT2D eigenvalue weighted by molar-refractivity contribution is -0.144. The number of halogens is 3. The van der Waals surface area contributed by atoms with Crippen molar-refractivity contribution in [1.29, 1.82) is 0 Å². The van der Waals surface area contributed by atoms with Gasteiger partial charge in [0.25, 0.3) is 5.91 Å². The zero-order valence-corrected chi connectivity index (χ0v) is 14.9. The van der Waals surface area contributed by atoms with E-state index in [9.17, 15) is 18.0 Å². The van der Waals surface area contributed by atoms with Crippen molar-refractivity contribution in [3.63, 3.8) is 0 Å². The molecule has 1 aromatic heterocycles. The summed E-state index contributed by atoms with van der Waals surface area (Å²) in [5, 5.41) is 4.19. The van der Waals surface area contributed by atoms with Gasteiger partial charge in [0, 0.05) is 13.2 Å². The minimum Gasteiger partial charge on any atom is -0.491 e. The van der Waals surface area contributed by atoms with Gasteiger partial charge in [-0.3, -0.25) is 14.3 Å². The molecule has 1 atom stereocenters. The Balaban J connectivity index is 2.14. The third kappa shape index (κ3) is 4.54. The molecule has 0 N–H and O–H groups in total. The van der Waals surface area contributed by atoms with Gasteiger partial charge in [0.15, 0.2) is 5.69 Å². The maximum absolute atomic E-state index is 13.1. The van der Waals surface area contributed by atoms with Crippen molar-refractivity contribution in [3.05, 3.63) is 47.3 Å². The second-order valence-electron chi connectivity index (χ2n) is 5.85. The van der Waals surface area contributed by atoms with Crippen LogP contribution in [-0.2, 0) is 18.1 Å². The lowest BCUT2D eigenvalue weighted by Crippen LogP contribution is -2.41. The molecule has 0 bridgehead atoms. The van der Waals surface area contributed by atoms with Gasteiger partial charge >= 0.3 is 6.18 Å². The van der Waals surface area contributed by atoms with Crippen LogP contribution in [0.3, 0.4) is 0 Å². The lowest BCUT2D eigenvalue weighted by atomic mass is 10.2. The molecule has 142 valence electrons. The van der Waals surface area contributed by atoms with E-state index in [1.165, 1.54) is 14.2 Å². The first-order chi connectivity index (χ1) is 12.1. The van der Waals surface area contributed by atoms with Crippen LogP contribution in [0.25, 0.3) is 0 Å². The second-order valence-corrected chi connectivity index (χ2v) is 5.85. The van der Waals surface area contributed by atoms with Crippen LogP contribution >= 0.6 is 0 Å². The van der Waals surface area contributed by atoms with Crippen molar-refractivity contribution in [2.45, 2.75) is 26.1 Å². The molecule has 26 heavy (non-hydrogen) atoms. The highest BCUT2D eigenvalue weighted by Gasteiger charge is 2.40. The monoisotopic (exact) mass is 371 g/mol. The molecular formula is C17H20F3N3O3. The SMILES string of the molecule is CON(C(=O)c1cn(C)nc1C(F)(F)F)C(C)COc1ccc(C)cc1. The molecule has 0 aliphatic heterocycles. The van der Waals surface area contributed by atoms with Gasteiger partial charge in [-0.25, -0.2) is 5.06 Å². The number of carbonyl (C=O) groups excluding carboxylic acids is 1. The van der Waals surface area contributed by atoms with Crippen LogP contribution in [-0.4, -0.2) is 40.5 Å². The van der Waals surface area contributed by atoms with Crippen LogP contribution in [0.1, 0.15) is 28.5 Å². The fourth-order valence-electron chi connectivity index (χ4n) is 2.36. The first-order valence-electron chi connectivity index (χ1n) is 7.81. The summed E-state index contributed by atoms with van der Waals surface area (Å²) in [7, 11) is 2.52. The number of alkyl halides is 3. The van der Waals surface area contributed by atoms with E-state index in [1.807, 2.05) is 19.1 Å². The standard InChI is InChI=1S/C17H20F3N3O3/c1-11-5-7-13(8-6-11)26-10-12(2)23(25-4)16(24)14-9-22(3)21-15(14)17(18,19)20/h5-9,12H,10H2,1-4H3. The lowest BCUT2D eigenvalue weighted by Gasteiger charge is -2.26. The predicted octanol–water partition coefficient (Wildman–Crippen LogP) is 3.22. The van der Waals surface area contributed by atoms with E-state index in [4.69, 9.17) is 9.57 Å². The fraction of sp³-hybridized carbons (Fsp3) is 0.412. The Morgan fingerprint density at radius 2 is 1.92 bits per heavy atom. The molecule has 0 aliphatic carbocycles. The number of ether oxygens (including phenoxy) is 1. The van der Waals surface area contributed by atoms with Crippen LogP contribution in [0.5, 0.6) is 5.75 Å². The summed E-state index contributed by atoms with van der Waals surface area (Å²) in [6.07, 6.45) is -3.72. The highest BCUT2D eigenvalue weighted by atomic mass is 19.4. The number of nitrogens with zero attached hydrogens (tertiary/aromatic N) is 3. The first-order valence-corrected chi connectivity index (χ1v) is 7.81. The van der Waals surface area contributed by atoms with E-state index >= 15 is 0 Å². The maximum Gasteiger partial charge on any atom is 0.435 e. The molecule has 0 spiro atoms. The number of aryl methyl sites for hydroxylation is 2. The summed E-state index contributed by atoms with van der Waals surface area (Å²) >= 11 is 0. The van der Waals surface area contributed by atoms with Crippen molar-refractivity contribution in [3.8, 4) is 5.75 Å². The molecule has 1 unspecified atom stereocenters. The summed E-state index contributed by atoms with van der Waals surface area (Å²) in [4.78, 5) is 17.6. The Kier molecular flexibility index (Phi) is 5.91. The second kappa shape index (κ2) is 7.77. The number of amides is 1. The van der Waals surface area contributed by atoms with Gasteiger partial charge in [0.05, 0.1) is 18.7 Å². The minimum atomic E-state index is -4.74. The molecule has 1 amide bonds. The molecule has 1 heterocycles. The van der Waals surface area contributed by atoms with Gasteiger partial charge in [-0.15, -0.1) is 0 Å². The summed E-state index contributed by atoms with van der Waals surface area (Å²) in [6, 6.07) is 6.64. The zero-order chi connectivity index (χ0) is 19.5. The predicted molar refractivity (Wildman–Crippen MR) is 87.5 cm³/mol. The number of carbonyl (C=O) groups is 1. The van der Waals surface area contributed by atoms with Crippen molar-refractivity contribution in [2.24, 2.45) is 7.05 Å². The number of hydroxylamine groups is 2. The molecule has 0 saturated heterocycles. The Labute approximate surface area is 149 Å². The minimum absolute atomic E-state index is 0.0459. The highest BCUT2D eigenvalue weighted by molar-refractivity contribution is 5.94. The van der Waals surface area contributed by atoms with Gasteiger partial charge < -0.3 is 4.74 Å². The Hall–Kier alpha value is -2.55. The summed E-state index contributed by atoms with van der Waals surface area (Å²) < 4.78 is 45.8. The largest absolute Gasteiger partial charge is 0.491 e. The smallest absolute Gasteiger partial charge is 0.435 e. The summed E-state index contributed by atoms with van der Waals surface area (Å²) in [5.74, 6) is -0.351. The molecule has 6 nitrogen and oxygen atoms in total. The molecule has 2 rings (SSSR count). The van der Waals surface area contributed by atoms with E-state index in [0.29, 0.717) is 5.75 Å². The number of aromatic nitrogens is 2. The normalized spacial score (nSPS) is 12.7. The molecule has 0 saturated carbocycles. The third-order valence-electron chi connectivity index (χ3n) is 3.64. The molecule has 9 heteroatoms. The molecule has 0 aliphatic rings. The van der Waals surface area contributed by atoms with E-state index in [2.05, 4.69) is 5.10 Å². The number of hydrogen-bond donors (Lipinski definition) is 0. The van der Waals surface area contributed by atoms with Crippen molar-refractivity contribution >= 4 is 5.91 Å². The van der Waals surface area contributed by atoms with E-state index in [0.717, 1.165) is 21.5 Å². The first kappa shape index (κ1) is 19.8. The van der Waals surface area contributed by atoms with E-state index in [1.54, 1.807) is 19.1 Å². The Bertz CT molecular complexity index is 757. The van der Waals surface area contributed by atoms with Gasteiger partial charge in [0.1, 0.15) is 12.4 Å². The molecule has 1 aromatic carbocycles. The topological polar surface area (TPSA) is 56.6 Å². The van der Waals surface area contributed by atoms with Crippen molar-refractivity contribution < 1.29 is 27.5 Å². The van der Waals surface area contributed by atoms with E-state index < -0.39 is 29.4 Å². The maximum atomic E-state index is 13.1. The van der Waals surface area contributed by atoms with Gasteiger partial charge in [-0.1, -0.05) is 17.7 Å². The van der Waals surface area contributed by atoms with Crippen molar-refractivity contribution in [1.82, 2.24) is 14.8 Å². The quantitative estimate of drug-likeness (QED) is 0.732. The third-order valence-corrected chi connectivity index (χ3v) is 3.64. The van der Waals surface area contributed by atoms with Gasteiger partial charge in [-0.05, 0) is 26.0 Å². The zero-order valence-electron chi connectivity index (χ0n) is 14.9. The molecule has 0 fully saturated rings. The van der Waals surface area contributed by atoms with Crippen LogP contribution in [0.4, 0.5) is 13.2 Å². The number of rotatable bonds is 6. The average Bonchev–Trinajstić information content (AvgIpc) is 2.97. The number of benzene rings is 1. The number of hydrogen-bond acceptors (Lipinski definition) is 4. The molecule has 0 radical (unpaired) electrons. The highest BCUT2D eigenvalue weighted by Crippen LogP contribution is 2.31. The van der Waals surface area contributed by atoms with Crippen LogP contribution in [0.2, 0.25) is 0 Å². The van der Waals surface area contributed by atoms with Crippen LogP contribution in [0.15, 0.2) is 30.5 Å². The van der Waals surface area contributed by atoms with E-state index in [-0.39, 0.29) is 6.61 Å². The molecule has 2 aromatic rings. The summed E-state index contributed by atoms with van der Waals surface area (Å²) in [5.41, 5.74) is -0.766. The molecular weight excluding hydrogens is 351 g/mol. The average molecular weight is 371 g/mol. The summed E-state index contributed by atoms with van der Waals surface area (Å²) in [6.45, 7) is 3.59. The van der Waals surface area contributed by atoms with Crippen LogP contribution < -0.4 is 4.74 Å². The Morgan fingerprint density at radius 3 is 2.46 bits per heavy atom. The Morgan fingerprint density at radius 1 is 1.31 bits per heavy atom. The van der Waals surface area contributed by atoms with Crippen molar-refractivity contribution in [2.75, 3.05) is 13.7 Å². The van der Waals surface area contributed by atoms with Crippen LogP contribution in [0, 0.1) is 6.92 Å². The van der Waals surface area contributed by atoms with Gasteiger partial charge in [0.2, 0.25) is 0 Å².